The van der Waals surface area contributed by atoms with Gasteiger partial charge in [-0.3, -0.25) is 4.79 Å². The van der Waals surface area contributed by atoms with Crippen LogP contribution in [0.25, 0.3) is 0 Å². The van der Waals surface area contributed by atoms with Gasteiger partial charge >= 0.3 is 0 Å². The number of aryl methyl sites for hydroxylation is 1. The fraction of sp³-hybridized carbons (Fsp3) is 0.0769. The number of benzene rings is 1. The zero-order valence-electron chi connectivity index (χ0n) is 9.75. The molecule has 1 heterocycles. The Labute approximate surface area is 104 Å². The van der Waals surface area contributed by atoms with Crippen LogP contribution in [-0.2, 0) is 0 Å². The number of amides is 1. The zero-order valence-corrected chi connectivity index (χ0v) is 9.75. The van der Waals surface area contributed by atoms with Gasteiger partial charge in [0, 0.05) is 5.56 Å². The summed E-state index contributed by atoms with van der Waals surface area (Å²) in [6, 6.07) is 9.46. The third-order valence-corrected chi connectivity index (χ3v) is 2.25. The Morgan fingerprint density at radius 3 is 2.61 bits per heavy atom. The third-order valence-electron chi connectivity index (χ3n) is 2.25. The van der Waals surface area contributed by atoms with Gasteiger partial charge < -0.3 is 9.52 Å². The molecule has 2 N–H and O–H groups in total. The molecule has 0 saturated heterocycles. The largest absolute Gasteiger partial charge is 0.508 e. The van der Waals surface area contributed by atoms with Crippen molar-refractivity contribution in [2.75, 3.05) is 0 Å². The van der Waals surface area contributed by atoms with E-state index in [0.717, 1.165) is 5.76 Å². The first-order valence-corrected chi connectivity index (χ1v) is 5.34. The van der Waals surface area contributed by atoms with Crippen molar-refractivity contribution in [2.45, 2.75) is 6.92 Å². The molecule has 0 radical (unpaired) electrons. The lowest BCUT2D eigenvalue weighted by Crippen LogP contribution is -2.17. The van der Waals surface area contributed by atoms with Crippen LogP contribution in [0.5, 0.6) is 5.75 Å². The van der Waals surface area contributed by atoms with Crippen molar-refractivity contribution in [3.05, 3.63) is 53.5 Å². The van der Waals surface area contributed by atoms with Crippen molar-refractivity contribution in [3.63, 3.8) is 0 Å². The molecule has 2 aromatic rings. The molecule has 2 rings (SSSR count). The van der Waals surface area contributed by atoms with Crippen molar-refractivity contribution in [2.24, 2.45) is 5.10 Å². The highest BCUT2D eigenvalue weighted by molar-refractivity contribution is 5.94. The predicted octanol–water partition coefficient (Wildman–Crippen LogP) is 2.06. The lowest BCUT2D eigenvalue weighted by atomic mass is 10.2. The van der Waals surface area contributed by atoms with Crippen LogP contribution in [-0.4, -0.2) is 17.2 Å². The number of nitrogens with zero attached hydrogens (tertiary/aromatic N) is 1. The second-order valence-corrected chi connectivity index (χ2v) is 3.69. The molecular formula is C13H12N2O3. The molecule has 0 saturated carbocycles. The molecule has 0 aliphatic carbocycles. The average molecular weight is 244 g/mol. The number of furan rings is 1. The minimum absolute atomic E-state index is 0.112. The van der Waals surface area contributed by atoms with Gasteiger partial charge in [-0.2, -0.15) is 5.10 Å². The van der Waals surface area contributed by atoms with Gasteiger partial charge in [-0.05, 0) is 43.3 Å². The second kappa shape index (κ2) is 5.18. The molecule has 5 nitrogen and oxygen atoms in total. The highest BCUT2D eigenvalue weighted by Gasteiger charge is 2.03. The van der Waals surface area contributed by atoms with Gasteiger partial charge in [-0.1, -0.05) is 0 Å². The van der Waals surface area contributed by atoms with E-state index in [2.05, 4.69) is 10.5 Å². The molecule has 0 spiro atoms. The quantitative estimate of drug-likeness (QED) is 0.641. The molecule has 0 unspecified atom stereocenters. The molecule has 92 valence electrons. The second-order valence-electron chi connectivity index (χ2n) is 3.69. The van der Waals surface area contributed by atoms with Gasteiger partial charge in [-0.15, -0.1) is 0 Å². The normalized spacial score (nSPS) is 10.7. The molecule has 0 atom stereocenters. The number of hydrogen-bond acceptors (Lipinski definition) is 4. The topological polar surface area (TPSA) is 74.8 Å². The van der Waals surface area contributed by atoms with E-state index in [9.17, 15) is 4.79 Å². The standard InChI is InChI=1S/C13H12N2O3/c1-9-2-7-12(18-9)8-14-15-13(17)10-3-5-11(16)6-4-10/h2-8,16H,1H3,(H,15,17). The number of rotatable bonds is 3. The van der Waals surface area contributed by atoms with E-state index in [1.54, 1.807) is 6.07 Å². The van der Waals surface area contributed by atoms with Crippen LogP contribution in [0.4, 0.5) is 0 Å². The molecule has 0 aliphatic heterocycles. The molecule has 0 fully saturated rings. The summed E-state index contributed by atoms with van der Waals surface area (Å²) < 4.78 is 5.25. The molecule has 1 amide bonds. The Hall–Kier alpha value is -2.56. The number of carbonyl (C=O) groups excluding carboxylic acids is 1. The number of aromatic hydroxyl groups is 1. The van der Waals surface area contributed by atoms with Crippen LogP contribution >= 0.6 is 0 Å². The van der Waals surface area contributed by atoms with Crippen molar-refractivity contribution >= 4 is 12.1 Å². The maximum Gasteiger partial charge on any atom is 0.271 e. The molecule has 0 bridgehead atoms. The van der Waals surface area contributed by atoms with Gasteiger partial charge in [0.25, 0.3) is 5.91 Å². The van der Waals surface area contributed by atoms with Gasteiger partial charge in [0.05, 0.1) is 6.21 Å². The Morgan fingerprint density at radius 2 is 2.00 bits per heavy atom. The Morgan fingerprint density at radius 1 is 1.28 bits per heavy atom. The third kappa shape index (κ3) is 2.98. The summed E-state index contributed by atoms with van der Waals surface area (Å²) in [6.07, 6.45) is 1.42. The molecule has 5 heteroatoms. The highest BCUT2D eigenvalue weighted by atomic mass is 16.3. The van der Waals surface area contributed by atoms with E-state index < -0.39 is 0 Å². The van der Waals surface area contributed by atoms with E-state index in [4.69, 9.17) is 9.52 Å². The molecule has 18 heavy (non-hydrogen) atoms. The maximum absolute atomic E-state index is 11.6. The van der Waals surface area contributed by atoms with Crippen molar-refractivity contribution in [1.82, 2.24) is 5.43 Å². The minimum Gasteiger partial charge on any atom is -0.508 e. The predicted molar refractivity (Wildman–Crippen MR) is 66.6 cm³/mol. The maximum atomic E-state index is 11.6. The van der Waals surface area contributed by atoms with Crippen LogP contribution < -0.4 is 5.43 Å². The van der Waals surface area contributed by atoms with Crippen molar-refractivity contribution in [3.8, 4) is 5.75 Å². The van der Waals surface area contributed by atoms with E-state index in [-0.39, 0.29) is 11.7 Å². The summed E-state index contributed by atoms with van der Waals surface area (Å²) >= 11 is 0. The minimum atomic E-state index is -0.352. The van der Waals surface area contributed by atoms with Gasteiger partial charge in [0.1, 0.15) is 17.3 Å². The lowest BCUT2D eigenvalue weighted by molar-refractivity contribution is 0.0955. The van der Waals surface area contributed by atoms with Crippen LogP contribution in [0.1, 0.15) is 21.9 Å². The van der Waals surface area contributed by atoms with Crippen LogP contribution in [0.15, 0.2) is 45.9 Å². The summed E-state index contributed by atoms with van der Waals surface area (Å²) in [6.45, 7) is 1.83. The number of carbonyl (C=O) groups is 1. The summed E-state index contributed by atoms with van der Waals surface area (Å²) in [7, 11) is 0. The first-order valence-electron chi connectivity index (χ1n) is 5.34. The molecule has 1 aromatic heterocycles. The summed E-state index contributed by atoms with van der Waals surface area (Å²) in [5, 5.41) is 12.9. The van der Waals surface area contributed by atoms with Gasteiger partial charge in [0.2, 0.25) is 0 Å². The lowest BCUT2D eigenvalue weighted by Gasteiger charge is -1.99. The number of hydrazone groups is 1. The van der Waals surface area contributed by atoms with Gasteiger partial charge in [-0.25, -0.2) is 5.43 Å². The molecule has 1 aromatic carbocycles. The number of phenols is 1. The van der Waals surface area contributed by atoms with Gasteiger partial charge in [0.15, 0.2) is 0 Å². The Bertz CT molecular complexity index is 570. The number of nitrogens with one attached hydrogen (secondary N) is 1. The first kappa shape index (κ1) is 11.9. The van der Waals surface area contributed by atoms with Crippen molar-refractivity contribution in [1.29, 1.82) is 0 Å². The van der Waals surface area contributed by atoms with Crippen LogP contribution in [0.2, 0.25) is 0 Å². The van der Waals surface area contributed by atoms with E-state index in [1.807, 2.05) is 13.0 Å². The molecular weight excluding hydrogens is 232 g/mol. The van der Waals surface area contributed by atoms with Crippen LogP contribution in [0.3, 0.4) is 0 Å². The monoisotopic (exact) mass is 244 g/mol. The number of phenolic OH excluding ortho intramolecular Hbond substituents is 1. The Balaban J connectivity index is 1.96. The highest BCUT2D eigenvalue weighted by Crippen LogP contribution is 2.09. The fourth-order valence-corrected chi connectivity index (χ4v) is 1.35. The smallest absolute Gasteiger partial charge is 0.271 e. The Kier molecular flexibility index (Phi) is 3.43. The summed E-state index contributed by atoms with van der Waals surface area (Å²) in [5.74, 6) is 1.11. The van der Waals surface area contributed by atoms with E-state index in [0.29, 0.717) is 11.3 Å². The van der Waals surface area contributed by atoms with Crippen molar-refractivity contribution < 1.29 is 14.3 Å². The summed E-state index contributed by atoms with van der Waals surface area (Å²) in [4.78, 5) is 11.6. The first-order chi connectivity index (χ1) is 8.65. The SMILES string of the molecule is Cc1ccc(C=NNC(=O)c2ccc(O)cc2)o1. The summed E-state index contributed by atoms with van der Waals surface area (Å²) in [5.41, 5.74) is 2.78. The fourth-order valence-electron chi connectivity index (χ4n) is 1.35. The van der Waals surface area contributed by atoms with E-state index >= 15 is 0 Å². The van der Waals surface area contributed by atoms with Crippen LogP contribution in [0, 0.1) is 6.92 Å². The average Bonchev–Trinajstić information content (AvgIpc) is 2.76. The zero-order chi connectivity index (χ0) is 13.0. The molecule has 0 aliphatic rings. The number of hydrogen-bond donors (Lipinski definition) is 2. The van der Waals surface area contributed by atoms with E-state index in [1.165, 1.54) is 30.5 Å².